The third-order valence-electron chi connectivity index (χ3n) is 3.65. The van der Waals surface area contributed by atoms with Gasteiger partial charge in [-0.3, -0.25) is 20.2 Å². The molecule has 0 bridgehead atoms. The Morgan fingerprint density at radius 2 is 2.00 bits per heavy atom. The lowest BCUT2D eigenvalue weighted by Crippen LogP contribution is -2.07. The first-order valence-electron chi connectivity index (χ1n) is 7.89. The molecule has 2 aromatic carbocycles. The Kier molecular flexibility index (Phi) is 5.63. The number of nitro groups is 1. The molecule has 0 unspecified atom stereocenters. The highest BCUT2D eigenvalue weighted by Crippen LogP contribution is 2.31. The molecule has 1 aromatic heterocycles. The van der Waals surface area contributed by atoms with E-state index in [0.717, 1.165) is 16.1 Å². The molecule has 0 saturated heterocycles. The van der Waals surface area contributed by atoms with Gasteiger partial charge >= 0.3 is 0 Å². The number of amides is 1. The first-order chi connectivity index (χ1) is 12.9. The number of hydrogen-bond donors (Lipinski definition) is 1. The van der Waals surface area contributed by atoms with E-state index in [2.05, 4.69) is 10.3 Å². The predicted molar refractivity (Wildman–Crippen MR) is 108 cm³/mol. The molecule has 0 atom stereocenters. The van der Waals surface area contributed by atoms with E-state index in [9.17, 15) is 14.9 Å². The summed E-state index contributed by atoms with van der Waals surface area (Å²) >= 11 is 7.28. The lowest BCUT2D eigenvalue weighted by molar-refractivity contribution is -0.384. The van der Waals surface area contributed by atoms with Crippen LogP contribution in [0.3, 0.4) is 0 Å². The van der Waals surface area contributed by atoms with Crippen LogP contribution in [0.4, 0.5) is 10.8 Å². The van der Waals surface area contributed by atoms with Gasteiger partial charge in [-0.25, -0.2) is 4.98 Å². The lowest BCUT2D eigenvalue weighted by Gasteiger charge is -1.99. The summed E-state index contributed by atoms with van der Waals surface area (Å²) in [6.45, 7) is 1.93. The van der Waals surface area contributed by atoms with Crippen LogP contribution >= 0.6 is 22.9 Å². The van der Waals surface area contributed by atoms with Crippen molar-refractivity contribution in [1.29, 1.82) is 0 Å². The summed E-state index contributed by atoms with van der Waals surface area (Å²) < 4.78 is 0. The number of thiazole rings is 1. The number of halogens is 1. The minimum absolute atomic E-state index is 0.0271. The zero-order valence-electron chi connectivity index (χ0n) is 14.2. The molecule has 136 valence electrons. The number of benzene rings is 2. The van der Waals surface area contributed by atoms with Crippen LogP contribution in [0.25, 0.3) is 17.3 Å². The van der Waals surface area contributed by atoms with Crippen molar-refractivity contribution < 1.29 is 9.72 Å². The number of aromatic nitrogens is 1. The second-order valence-electron chi connectivity index (χ2n) is 5.61. The Morgan fingerprint density at radius 1 is 1.26 bits per heavy atom. The molecule has 0 aliphatic rings. The van der Waals surface area contributed by atoms with Crippen LogP contribution < -0.4 is 5.32 Å². The fourth-order valence-electron chi connectivity index (χ4n) is 2.39. The van der Waals surface area contributed by atoms with Gasteiger partial charge in [0.1, 0.15) is 0 Å². The third-order valence-corrected chi connectivity index (χ3v) is 4.79. The maximum Gasteiger partial charge on any atom is 0.270 e. The monoisotopic (exact) mass is 399 g/mol. The fourth-order valence-corrected chi connectivity index (χ4v) is 3.35. The van der Waals surface area contributed by atoms with Gasteiger partial charge in [0.25, 0.3) is 5.69 Å². The van der Waals surface area contributed by atoms with Crippen LogP contribution in [0.2, 0.25) is 5.02 Å². The highest BCUT2D eigenvalue weighted by molar-refractivity contribution is 7.16. The van der Waals surface area contributed by atoms with E-state index in [0.29, 0.717) is 15.7 Å². The van der Waals surface area contributed by atoms with Crippen molar-refractivity contribution in [2.45, 2.75) is 6.92 Å². The quantitative estimate of drug-likeness (QED) is 0.357. The number of hydrogen-bond acceptors (Lipinski definition) is 5. The van der Waals surface area contributed by atoms with E-state index in [-0.39, 0.29) is 11.6 Å². The first kappa shape index (κ1) is 18.8. The Balaban J connectivity index is 1.71. The van der Waals surface area contributed by atoms with Crippen LogP contribution in [0.5, 0.6) is 0 Å². The average Bonchev–Trinajstić information content (AvgIpc) is 3.01. The van der Waals surface area contributed by atoms with Crippen LogP contribution in [0, 0.1) is 17.0 Å². The smallest absolute Gasteiger partial charge is 0.270 e. The molecule has 3 rings (SSSR count). The maximum atomic E-state index is 12.1. The summed E-state index contributed by atoms with van der Waals surface area (Å²) in [5.41, 5.74) is 2.24. The van der Waals surface area contributed by atoms with Gasteiger partial charge in [-0.1, -0.05) is 35.9 Å². The summed E-state index contributed by atoms with van der Waals surface area (Å²) in [7, 11) is 0. The zero-order chi connectivity index (χ0) is 19.4. The minimum atomic E-state index is -0.478. The Morgan fingerprint density at radius 3 is 2.70 bits per heavy atom. The van der Waals surface area contributed by atoms with Crippen LogP contribution in [-0.4, -0.2) is 15.8 Å². The molecule has 0 aliphatic heterocycles. The summed E-state index contributed by atoms with van der Waals surface area (Å²) in [5, 5.41) is 14.6. The molecule has 1 amide bonds. The normalized spacial score (nSPS) is 10.9. The van der Waals surface area contributed by atoms with Gasteiger partial charge in [0.05, 0.1) is 10.6 Å². The molecule has 0 saturated carbocycles. The number of nitro benzene ring substituents is 1. The highest BCUT2D eigenvalue weighted by Gasteiger charge is 2.11. The topological polar surface area (TPSA) is 85.1 Å². The van der Waals surface area contributed by atoms with Gasteiger partial charge in [-0.2, -0.15) is 0 Å². The molecule has 1 heterocycles. The van der Waals surface area contributed by atoms with E-state index in [1.54, 1.807) is 24.3 Å². The van der Waals surface area contributed by atoms with E-state index in [4.69, 9.17) is 11.6 Å². The SMILES string of the molecule is Cc1sc(NC(=O)C=Cc2cccc([N+](=O)[O-])c2)nc1-c1ccc(Cl)cc1. The van der Waals surface area contributed by atoms with E-state index >= 15 is 0 Å². The number of non-ortho nitro benzene ring substituents is 1. The standard InChI is InChI=1S/C19H14ClN3O3S/c1-12-18(14-6-8-15(20)9-7-14)22-19(27-12)21-17(24)10-5-13-3-2-4-16(11-13)23(25)26/h2-11H,1H3,(H,21,22,24). The molecule has 3 aromatic rings. The number of carbonyl (C=O) groups excluding carboxylic acids is 1. The minimum Gasteiger partial charge on any atom is -0.298 e. The number of rotatable bonds is 5. The highest BCUT2D eigenvalue weighted by atomic mass is 35.5. The summed E-state index contributed by atoms with van der Waals surface area (Å²) in [4.78, 5) is 27.9. The number of anilines is 1. The molecule has 6 nitrogen and oxygen atoms in total. The molecule has 0 spiro atoms. The number of nitrogens with one attached hydrogen (secondary N) is 1. The molecular formula is C19H14ClN3O3S. The molecule has 0 aliphatic carbocycles. The summed E-state index contributed by atoms with van der Waals surface area (Å²) in [6, 6.07) is 13.4. The largest absolute Gasteiger partial charge is 0.298 e. The maximum absolute atomic E-state index is 12.1. The second kappa shape index (κ2) is 8.11. The van der Waals surface area contributed by atoms with Crippen molar-refractivity contribution in [3.63, 3.8) is 0 Å². The first-order valence-corrected chi connectivity index (χ1v) is 9.09. The van der Waals surface area contributed by atoms with Crippen molar-refractivity contribution in [3.8, 4) is 11.3 Å². The van der Waals surface area contributed by atoms with Gasteiger partial charge in [0.15, 0.2) is 5.13 Å². The van der Waals surface area contributed by atoms with Gasteiger partial charge < -0.3 is 0 Å². The Hall–Kier alpha value is -3.03. The van der Waals surface area contributed by atoms with Crippen molar-refractivity contribution in [2.75, 3.05) is 5.32 Å². The van der Waals surface area contributed by atoms with Crippen molar-refractivity contribution in [3.05, 3.63) is 80.2 Å². The second-order valence-corrected chi connectivity index (χ2v) is 7.25. The molecule has 1 N–H and O–H groups in total. The van der Waals surface area contributed by atoms with E-state index in [1.807, 2.05) is 19.1 Å². The zero-order valence-corrected chi connectivity index (χ0v) is 15.8. The van der Waals surface area contributed by atoms with Crippen molar-refractivity contribution >= 4 is 45.7 Å². The van der Waals surface area contributed by atoms with Gasteiger partial charge in [0, 0.05) is 33.7 Å². The van der Waals surface area contributed by atoms with E-state index < -0.39 is 4.92 Å². The van der Waals surface area contributed by atoms with Gasteiger partial charge in [0.2, 0.25) is 5.91 Å². The van der Waals surface area contributed by atoms with Crippen LogP contribution in [0.1, 0.15) is 10.4 Å². The number of nitrogens with zero attached hydrogens (tertiary/aromatic N) is 2. The van der Waals surface area contributed by atoms with Gasteiger partial charge in [-0.05, 0) is 30.7 Å². The summed E-state index contributed by atoms with van der Waals surface area (Å²) in [5.74, 6) is -0.363. The van der Waals surface area contributed by atoms with E-state index in [1.165, 1.54) is 35.6 Å². The van der Waals surface area contributed by atoms with Crippen LogP contribution in [0.15, 0.2) is 54.6 Å². The molecular weight excluding hydrogens is 386 g/mol. The Labute approximate surface area is 164 Å². The average molecular weight is 400 g/mol. The Bertz CT molecular complexity index is 1030. The third kappa shape index (κ3) is 4.78. The number of carbonyl (C=O) groups is 1. The molecule has 0 fully saturated rings. The summed E-state index contributed by atoms with van der Waals surface area (Å²) in [6.07, 6.45) is 2.83. The molecule has 27 heavy (non-hydrogen) atoms. The predicted octanol–water partition coefficient (Wildman–Crippen LogP) is 5.33. The fraction of sp³-hybridized carbons (Fsp3) is 0.0526. The van der Waals surface area contributed by atoms with Crippen molar-refractivity contribution in [1.82, 2.24) is 4.98 Å². The number of aryl methyl sites for hydroxylation is 1. The lowest BCUT2D eigenvalue weighted by atomic mass is 10.1. The molecule has 8 heteroatoms. The van der Waals surface area contributed by atoms with Gasteiger partial charge in [-0.15, -0.1) is 11.3 Å². The van der Waals surface area contributed by atoms with Crippen molar-refractivity contribution in [2.24, 2.45) is 0 Å². The molecule has 0 radical (unpaired) electrons. The van der Waals surface area contributed by atoms with Crippen LogP contribution in [-0.2, 0) is 4.79 Å².